The molecular formula is C10H9F3N4O. The first kappa shape index (κ1) is 12.4. The third kappa shape index (κ3) is 1.90. The minimum absolute atomic E-state index is 0.0425. The molecule has 0 aliphatic heterocycles. The van der Waals surface area contributed by atoms with E-state index in [-0.39, 0.29) is 11.3 Å². The van der Waals surface area contributed by atoms with Crippen LogP contribution in [0.1, 0.15) is 21.7 Å². The monoisotopic (exact) mass is 258 g/mol. The molecule has 0 saturated carbocycles. The Morgan fingerprint density at radius 3 is 2.72 bits per heavy atom. The van der Waals surface area contributed by atoms with Crippen LogP contribution in [0.5, 0.6) is 0 Å². The topological polar surface area (TPSA) is 72.4 Å². The van der Waals surface area contributed by atoms with E-state index in [9.17, 15) is 18.0 Å². The molecule has 8 heteroatoms. The zero-order valence-corrected chi connectivity index (χ0v) is 9.25. The Hall–Kier alpha value is -2.09. The maximum absolute atomic E-state index is 12.5. The van der Waals surface area contributed by atoms with Crippen molar-refractivity contribution in [2.75, 3.05) is 0 Å². The normalized spacial score (nSPS) is 11.8. The fourth-order valence-electron chi connectivity index (χ4n) is 1.68. The first-order chi connectivity index (χ1) is 8.34. The number of halogens is 3. The first-order valence-corrected chi connectivity index (χ1v) is 4.91. The van der Waals surface area contributed by atoms with Gasteiger partial charge in [-0.2, -0.15) is 13.2 Å². The average Bonchev–Trinajstić information content (AvgIpc) is 2.61. The maximum Gasteiger partial charge on any atom is 0.416 e. The number of aromatic nitrogens is 2. The molecule has 0 saturated heterocycles. The predicted molar refractivity (Wildman–Crippen MR) is 56.6 cm³/mol. The third-order valence-corrected chi connectivity index (χ3v) is 2.47. The lowest BCUT2D eigenvalue weighted by Gasteiger charge is -2.07. The van der Waals surface area contributed by atoms with Gasteiger partial charge in [0.1, 0.15) is 11.3 Å². The molecule has 0 fully saturated rings. The highest BCUT2D eigenvalue weighted by Gasteiger charge is 2.31. The summed E-state index contributed by atoms with van der Waals surface area (Å²) >= 11 is 0. The molecule has 0 bridgehead atoms. The Labute approximate surface area is 99.4 Å². The molecule has 3 N–H and O–H groups in total. The van der Waals surface area contributed by atoms with E-state index in [1.54, 1.807) is 0 Å². The molecule has 18 heavy (non-hydrogen) atoms. The van der Waals surface area contributed by atoms with Crippen molar-refractivity contribution >= 4 is 11.6 Å². The predicted octanol–water partition coefficient (Wildman–Crippen LogP) is 1.27. The highest BCUT2D eigenvalue weighted by molar-refractivity contribution is 5.94. The molecule has 2 aromatic rings. The van der Waals surface area contributed by atoms with E-state index in [4.69, 9.17) is 5.84 Å². The molecule has 5 nitrogen and oxygen atoms in total. The summed E-state index contributed by atoms with van der Waals surface area (Å²) in [6, 6.07) is 1.75. The number of pyridine rings is 1. The van der Waals surface area contributed by atoms with E-state index in [1.807, 2.05) is 5.43 Å². The number of rotatable bonds is 1. The van der Waals surface area contributed by atoms with Gasteiger partial charge in [0.25, 0.3) is 5.91 Å². The van der Waals surface area contributed by atoms with E-state index >= 15 is 0 Å². The van der Waals surface area contributed by atoms with E-state index in [1.165, 1.54) is 11.3 Å². The molecule has 0 atom stereocenters. The molecule has 0 unspecified atom stereocenters. The zero-order valence-electron chi connectivity index (χ0n) is 9.25. The Balaban J connectivity index is 2.65. The molecule has 0 spiro atoms. The average molecular weight is 258 g/mol. The van der Waals surface area contributed by atoms with Crippen molar-refractivity contribution in [3.05, 3.63) is 35.3 Å². The van der Waals surface area contributed by atoms with E-state index in [2.05, 4.69) is 4.98 Å². The van der Waals surface area contributed by atoms with Gasteiger partial charge in [0, 0.05) is 6.20 Å². The van der Waals surface area contributed by atoms with Crippen LogP contribution in [0.4, 0.5) is 13.2 Å². The number of nitrogens with two attached hydrogens (primary N) is 1. The largest absolute Gasteiger partial charge is 0.416 e. The highest BCUT2D eigenvalue weighted by Crippen LogP contribution is 2.30. The number of carbonyl (C=O) groups is 1. The second-order valence-corrected chi connectivity index (χ2v) is 3.66. The number of hydrazine groups is 1. The fraction of sp³-hybridized carbons (Fsp3) is 0.200. The van der Waals surface area contributed by atoms with Crippen LogP contribution in [0.15, 0.2) is 18.3 Å². The molecule has 2 aromatic heterocycles. The highest BCUT2D eigenvalue weighted by atomic mass is 19.4. The maximum atomic E-state index is 12.5. The lowest BCUT2D eigenvalue weighted by atomic mass is 10.2. The van der Waals surface area contributed by atoms with Crippen LogP contribution >= 0.6 is 0 Å². The zero-order chi connectivity index (χ0) is 13.5. The molecular weight excluding hydrogens is 249 g/mol. The third-order valence-electron chi connectivity index (χ3n) is 2.47. The summed E-state index contributed by atoms with van der Waals surface area (Å²) in [5.41, 5.74) is 1.56. The number of hydrogen-bond donors (Lipinski definition) is 2. The number of fused-ring (bicyclic) bond motifs is 1. The summed E-state index contributed by atoms with van der Waals surface area (Å²) in [4.78, 5) is 15.4. The van der Waals surface area contributed by atoms with Gasteiger partial charge in [-0.25, -0.2) is 10.8 Å². The smallest absolute Gasteiger partial charge is 0.295 e. The van der Waals surface area contributed by atoms with Crippen LogP contribution in [0.2, 0.25) is 0 Å². The summed E-state index contributed by atoms with van der Waals surface area (Å²) in [5, 5.41) is 0. The quantitative estimate of drug-likeness (QED) is 0.459. The lowest BCUT2D eigenvalue weighted by molar-refractivity contribution is -0.137. The number of imidazole rings is 1. The standard InChI is InChI=1S/C10H9F3N4O/c1-5-8(9(18)16-14)17-3-2-6(10(11,12)13)4-7(17)15-5/h2-4H,14H2,1H3,(H,16,18). The van der Waals surface area contributed by atoms with E-state index in [0.717, 1.165) is 18.3 Å². The summed E-state index contributed by atoms with van der Waals surface area (Å²) in [7, 11) is 0. The van der Waals surface area contributed by atoms with Gasteiger partial charge in [-0.05, 0) is 19.1 Å². The molecule has 1 amide bonds. The molecule has 96 valence electrons. The number of amides is 1. The van der Waals surface area contributed by atoms with Crippen LogP contribution in [-0.2, 0) is 6.18 Å². The molecule has 2 heterocycles. The molecule has 0 aliphatic carbocycles. The summed E-state index contributed by atoms with van der Waals surface area (Å²) in [5.74, 6) is 4.39. The first-order valence-electron chi connectivity index (χ1n) is 4.91. The summed E-state index contributed by atoms with van der Waals surface area (Å²) in [6.07, 6.45) is -3.30. The molecule has 0 radical (unpaired) electrons. The van der Waals surface area contributed by atoms with Crippen molar-refractivity contribution < 1.29 is 18.0 Å². The van der Waals surface area contributed by atoms with Gasteiger partial charge >= 0.3 is 6.18 Å². The minimum Gasteiger partial charge on any atom is -0.295 e. The van der Waals surface area contributed by atoms with Crippen LogP contribution in [-0.4, -0.2) is 15.3 Å². The summed E-state index contributed by atoms with van der Waals surface area (Å²) < 4.78 is 38.8. The number of carbonyl (C=O) groups excluding carboxylic acids is 1. The number of aryl methyl sites for hydroxylation is 1. The summed E-state index contributed by atoms with van der Waals surface area (Å²) in [6.45, 7) is 1.52. The Kier molecular flexibility index (Phi) is 2.74. The van der Waals surface area contributed by atoms with Crippen molar-refractivity contribution in [1.29, 1.82) is 0 Å². The molecule has 0 aromatic carbocycles. The Morgan fingerprint density at radius 1 is 1.50 bits per heavy atom. The Morgan fingerprint density at radius 2 is 2.17 bits per heavy atom. The van der Waals surface area contributed by atoms with Crippen LogP contribution in [0.3, 0.4) is 0 Å². The van der Waals surface area contributed by atoms with Crippen molar-refractivity contribution in [2.45, 2.75) is 13.1 Å². The SMILES string of the molecule is Cc1nc2cc(C(F)(F)F)ccn2c1C(=O)NN. The van der Waals surface area contributed by atoms with Crippen molar-refractivity contribution in [3.8, 4) is 0 Å². The number of hydrogen-bond acceptors (Lipinski definition) is 3. The molecule has 2 rings (SSSR count). The molecule has 0 aliphatic rings. The number of nitrogen functional groups attached to an aromatic ring is 1. The second-order valence-electron chi connectivity index (χ2n) is 3.66. The second kappa shape index (κ2) is 3.98. The van der Waals surface area contributed by atoms with Gasteiger partial charge in [0.15, 0.2) is 0 Å². The number of nitrogens with zero attached hydrogens (tertiary/aromatic N) is 2. The van der Waals surface area contributed by atoms with Gasteiger partial charge in [-0.15, -0.1) is 0 Å². The van der Waals surface area contributed by atoms with E-state index < -0.39 is 17.6 Å². The number of alkyl halides is 3. The van der Waals surface area contributed by atoms with Crippen LogP contribution in [0.25, 0.3) is 5.65 Å². The Bertz CT molecular complexity index is 617. The fourth-order valence-corrected chi connectivity index (χ4v) is 1.68. The van der Waals surface area contributed by atoms with Gasteiger partial charge in [0.2, 0.25) is 0 Å². The van der Waals surface area contributed by atoms with Gasteiger partial charge in [0.05, 0.1) is 11.3 Å². The van der Waals surface area contributed by atoms with Gasteiger partial charge < -0.3 is 0 Å². The number of nitrogens with one attached hydrogen (secondary N) is 1. The lowest BCUT2D eigenvalue weighted by Crippen LogP contribution is -2.31. The van der Waals surface area contributed by atoms with Gasteiger partial charge in [-0.3, -0.25) is 14.6 Å². The van der Waals surface area contributed by atoms with Crippen LogP contribution in [0, 0.1) is 6.92 Å². The van der Waals surface area contributed by atoms with Crippen LogP contribution < -0.4 is 11.3 Å². The minimum atomic E-state index is -4.45. The van der Waals surface area contributed by atoms with Crippen molar-refractivity contribution in [1.82, 2.24) is 14.8 Å². The van der Waals surface area contributed by atoms with Crippen molar-refractivity contribution in [2.24, 2.45) is 5.84 Å². The van der Waals surface area contributed by atoms with Crippen molar-refractivity contribution in [3.63, 3.8) is 0 Å². The van der Waals surface area contributed by atoms with Gasteiger partial charge in [-0.1, -0.05) is 0 Å². The van der Waals surface area contributed by atoms with E-state index in [0.29, 0.717) is 5.69 Å².